The van der Waals surface area contributed by atoms with Gasteiger partial charge in [-0.1, -0.05) is 72.8 Å². The van der Waals surface area contributed by atoms with Gasteiger partial charge in [0, 0.05) is 32.6 Å². The Bertz CT molecular complexity index is 2170. The molecule has 0 amide bonds. The monoisotopic (exact) mass is 489 g/mol. The summed E-state index contributed by atoms with van der Waals surface area (Å²) in [5.74, 6) is 1.01. The molecular weight excluding hydrogens is 462 g/mol. The van der Waals surface area contributed by atoms with E-state index < -0.39 is 0 Å². The number of aromatic nitrogens is 3. The normalized spacial score (nSPS) is 12.6. The van der Waals surface area contributed by atoms with Crippen molar-refractivity contribution in [2.45, 2.75) is 26.3 Å². The first-order valence-corrected chi connectivity index (χ1v) is 13.2. The van der Waals surface area contributed by atoms with E-state index >= 15 is 0 Å². The molecule has 0 bridgehead atoms. The second kappa shape index (κ2) is 7.45. The number of hydrogen-bond acceptors (Lipinski definition) is 1. The summed E-state index contributed by atoms with van der Waals surface area (Å²) in [6.07, 6.45) is 0. The van der Waals surface area contributed by atoms with Gasteiger partial charge in [-0.15, -0.1) is 0 Å². The molecule has 0 radical (unpaired) electrons. The van der Waals surface area contributed by atoms with Crippen molar-refractivity contribution in [2.75, 3.05) is 0 Å². The van der Waals surface area contributed by atoms with Crippen molar-refractivity contribution in [2.24, 2.45) is 0 Å². The summed E-state index contributed by atoms with van der Waals surface area (Å²) in [5, 5.41) is 5.23. The molecule has 8 aromatic rings. The Labute approximate surface area is 220 Å². The van der Waals surface area contributed by atoms with E-state index in [1.165, 1.54) is 54.7 Å². The molecule has 0 aliphatic carbocycles. The zero-order chi connectivity index (χ0) is 25.6. The number of para-hydroxylation sites is 4. The third-order valence-corrected chi connectivity index (χ3v) is 7.91. The first kappa shape index (κ1) is 21.5. The van der Waals surface area contributed by atoms with E-state index in [0.717, 1.165) is 16.9 Å². The lowest BCUT2D eigenvalue weighted by molar-refractivity contribution is 0.413. The Hall–Kier alpha value is -4.63. The van der Waals surface area contributed by atoms with Gasteiger partial charge in [0.25, 0.3) is 0 Å². The van der Waals surface area contributed by atoms with Gasteiger partial charge in [0.05, 0.1) is 27.6 Å². The second-order valence-electron chi connectivity index (χ2n) is 11.3. The van der Waals surface area contributed by atoms with Crippen LogP contribution in [0.5, 0.6) is 0 Å². The van der Waals surface area contributed by atoms with Crippen molar-refractivity contribution < 1.29 is 0 Å². The van der Waals surface area contributed by atoms with Crippen LogP contribution in [0.3, 0.4) is 0 Å². The predicted molar refractivity (Wildman–Crippen MR) is 160 cm³/mol. The van der Waals surface area contributed by atoms with Gasteiger partial charge in [-0.3, -0.25) is 0 Å². The minimum absolute atomic E-state index is 0.0933. The maximum absolute atomic E-state index is 5.08. The van der Waals surface area contributed by atoms with Gasteiger partial charge in [0.15, 0.2) is 0 Å². The maximum atomic E-state index is 5.08. The highest BCUT2D eigenvalue weighted by Gasteiger charge is 2.23. The standard InChI is InChI=1S/C35H27N3/c1-35(2,3)38-32-17-7-5-15-29(32)36-34(38)24-11-8-10-22(20-24)23-18-19-31-28(21-23)27-14-9-13-26-25-12-4-6-16-30(25)37(31)33(26)27/h4-21H,1-3H3. The van der Waals surface area contributed by atoms with Crippen LogP contribution in [-0.4, -0.2) is 14.0 Å². The smallest absolute Gasteiger partial charge is 0.141 e. The first-order valence-electron chi connectivity index (χ1n) is 13.2. The molecule has 0 N–H and O–H groups in total. The van der Waals surface area contributed by atoms with Crippen LogP contribution in [0.1, 0.15) is 20.8 Å². The highest BCUT2D eigenvalue weighted by Crippen LogP contribution is 2.40. The van der Waals surface area contributed by atoms with E-state index in [9.17, 15) is 0 Å². The van der Waals surface area contributed by atoms with Crippen LogP contribution < -0.4 is 0 Å². The van der Waals surface area contributed by atoms with E-state index in [4.69, 9.17) is 4.98 Å². The third-order valence-electron chi connectivity index (χ3n) is 7.91. The van der Waals surface area contributed by atoms with Crippen molar-refractivity contribution >= 4 is 49.1 Å². The van der Waals surface area contributed by atoms with Crippen molar-refractivity contribution in [3.05, 3.63) is 109 Å². The maximum Gasteiger partial charge on any atom is 0.141 e. The number of nitrogens with zero attached hydrogens (tertiary/aromatic N) is 3. The fraction of sp³-hybridized carbons (Fsp3) is 0.114. The molecule has 0 aliphatic rings. The Morgan fingerprint density at radius 1 is 0.526 bits per heavy atom. The molecule has 5 aromatic carbocycles. The van der Waals surface area contributed by atoms with Gasteiger partial charge in [0.1, 0.15) is 5.82 Å². The molecule has 3 aromatic heterocycles. The largest absolute Gasteiger partial charge is 0.319 e. The Morgan fingerprint density at radius 2 is 1.16 bits per heavy atom. The van der Waals surface area contributed by atoms with Crippen molar-refractivity contribution in [3.63, 3.8) is 0 Å². The predicted octanol–water partition coefficient (Wildman–Crippen LogP) is 9.28. The fourth-order valence-corrected chi connectivity index (χ4v) is 6.35. The number of hydrogen-bond donors (Lipinski definition) is 0. The Kier molecular flexibility index (Phi) is 4.21. The number of fused-ring (bicyclic) bond motifs is 7. The lowest BCUT2D eigenvalue weighted by atomic mass is 9.99. The molecule has 0 saturated carbocycles. The third kappa shape index (κ3) is 2.87. The number of imidazole rings is 1. The molecule has 0 aliphatic heterocycles. The second-order valence-corrected chi connectivity index (χ2v) is 11.3. The van der Waals surface area contributed by atoms with Crippen LogP contribution in [0.2, 0.25) is 0 Å². The summed E-state index contributed by atoms with van der Waals surface area (Å²) in [6, 6.07) is 39.6. The summed E-state index contributed by atoms with van der Waals surface area (Å²) in [6.45, 7) is 6.73. The first-order chi connectivity index (χ1) is 18.5. The van der Waals surface area contributed by atoms with Gasteiger partial charge in [-0.2, -0.15) is 0 Å². The van der Waals surface area contributed by atoms with E-state index in [2.05, 4.69) is 139 Å². The molecule has 3 nitrogen and oxygen atoms in total. The van der Waals surface area contributed by atoms with Gasteiger partial charge < -0.3 is 8.97 Å². The minimum atomic E-state index is -0.0933. The summed E-state index contributed by atoms with van der Waals surface area (Å²) < 4.78 is 4.80. The molecule has 3 heterocycles. The average molecular weight is 490 g/mol. The Balaban J connectivity index is 1.34. The average Bonchev–Trinajstić information content (AvgIpc) is 3.60. The quantitative estimate of drug-likeness (QED) is 0.237. The molecule has 38 heavy (non-hydrogen) atoms. The molecule has 182 valence electrons. The highest BCUT2D eigenvalue weighted by atomic mass is 15.1. The van der Waals surface area contributed by atoms with Crippen LogP contribution in [0, 0.1) is 0 Å². The van der Waals surface area contributed by atoms with Gasteiger partial charge in [-0.05, 0) is 68.3 Å². The van der Waals surface area contributed by atoms with Gasteiger partial charge >= 0.3 is 0 Å². The molecule has 0 fully saturated rings. The topological polar surface area (TPSA) is 22.2 Å². The van der Waals surface area contributed by atoms with Crippen molar-refractivity contribution in [1.82, 2.24) is 14.0 Å². The molecule has 0 unspecified atom stereocenters. The van der Waals surface area contributed by atoms with Gasteiger partial charge in [-0.25, -0.2) is 4.98 Å². The molecule has 3 heteroatoms. The van der Waals surface area contributed by atoms with E-state index in [-0.39, 0.29) is 5.54 Å². The van der Waals surface area contributed by atoms with Crippen molar-refractivity contribution in [3.8, 4) is 22.5 Å². The number of rotatable bonds is 2. The van der Waals surface area contributed by atoms with Crippen LogP contribution in [-0.2, 0) is 5.54 Å². The van der Waals surface area contributed by atoms with Gasteiger partial charge in [0.2, 0.25) is 0 Å². The van der Waals surface area contributed by atoms with Crippen LogP contribution >= 0.6 is 0 Å². The number of benzene rings is 5. The zero-order valence-corrected chi connectivity index (χ0v) is 21.7. The minimum Gasteiger partial charge on any atom is -0.319 e. The van der Waals surface area contributed by atoms with Crippen LogP contribution in [0.25, 0.3) is 71.6 Å². The van der Waals surface area contributed by atoms with E-state index in [0.29, 0.717) is 0 Å². The highest BCUT2D eigenvalue weighted by molar-refractivity contribution is 6.23. The Morgan fingerprint density at radius 3 is 2.00 bits per heavy atom. The fourth-order valence-electron chi connectivity index (χ4n) is 6.35. The zero-order valence-electron chi connectivity index (χ0n) is 21.7. The summed E-state index contributed by atoms with van der Waals surface area (Å²) in [4.78, 5) is 5.08. The van der Waals surface area contributed by atoms with Crippen LogP contribution in [0.4, 0.5) is 0 Å². The molecule has 8 rings (SSSR count). The van der Waals surface area contributed by atoms with Crippen LogP contribution in [0.15, 0.2) is 109 Å². The molecule has 0 spiro atoms. The molecule has 0 saturated heterocycles. The van der Waals surface area contributed by atoms with E-state index in [1.54, 1.807) is 0 Å². The SMILES string of the molecule is CC(C)(C)n1c(-c2cccc(-c3ccc4c(c3)c3cccc5c6ccccc6n4c53)c2)nc2ccccc21. The molecule has 0 atom stereocenters. The summed E-state index contributed by atoms with van der Waals surface area (Å²) in [5.41, 5.74) is 9.49. The summed E-state index contributed by atoms with van der Waals surface area (Å²) >= 11 is 0. The summed E-state index contributed by atoms with van der Waals surface area (Å²) in [7, 11) is 0. The van der Waals surface area contributed by atoms with E-state index in [1.807, 2.05) is 0 Å². The van der Waals surface area contributed by atoms with Crippen molar-refractivity contribution in [1.29, 1.82) is 0 Å². The lowest BCUT2D eigenvalue weighted by Crippen LogP contribution is -2.22. The molecular formula is C35H27N3. The lowest BCUT2D eigenvalue weighted by Gasteiger charge is -2.25.